The molecule has 6 rings (SSSR count). The van der Waals surface area contributed by atoms with Crippen molar-refractivity contribution in [2.24, 2.45) is 0 Å². The lowest BCUT2D eigenvalue weighted by atomic mass is 10.0. The number of fused-ring (bicyclic) bond motifs is 1. The van der Waals surface area contributed by atoms with Crippen LogP contribution in [-0.4, -0.2) is 49.5 Å². The summed E-state index contributed by atoms with van der Waals surface area (Å²) in [5.74, 6) is -0.891. The number of H-pyrrole nitrogens is 2. The minimum Gasteiger partial charge on any atom is -0.394 e. The molecular weight excluding hydrogens is 540 g/mol. The largest absolute Gasteiger partial charge is 0.394 e. The molecule has 43 heavy (non-hydrogen) atoms. The van der Waals surface area contributed by atoms with Crippen molar-refractivity contribution in [3.63, 3.8) is 0 Å². The first kappa shape index (κ1) is 27.6. The summed E-state index contributed by atoms with van der Waals surface area (Å²) in [6, 6.07) is 27.1. The number of aromatic nitrogens is 4. The van der Waals surface area contributed by atoms with E-state index in [1.165, 1.54) is 17.4 Å². The lowest BCUT2D eigenvalue weighted by molar-refractivity contribution is -0.123. The number of hydrogen-bond donors (Lipinski definition) is 4. The standard InChI is InChI=1S/C34H30N6O3/c41-21-27(17-26-19-37-30-11-5-4-10-29(26)30)39-33(42)32(25-9-6-16-35-18-25)40(34(43)31-20-36-22-38-31)28-14-12-24(13-15-28)23-7-2-1-3-8-23/h1-16,18-20,22,27,32,37,41H,17,21H2,(H,36,38)(H,39,42)/t27-,32?/m0/s1. The number of carbonyl (C=O) groups is 2. The van der Waals surface area contributed by atoms with Crippen LogP contribution in [0.5, 0.6) is 0 Å². The molecule has 0 fully saturated rings. The molecule has 0 aliphatic carbocycles. The molecule has 0 aliphatic rings. The van der Waals surface area contributed by atoms with Crippen molar-refractivity contribution in [1.82, 2.24) is 25.3 Å². The predicted molar refractivity (Wildman–Crippen MR) is 165 cm³/mol. The molecule has 2 amide bonds. The van der Waals surface area contributed by atoms with Gasteiger partial charge >= 0.3 is 0 Å². The van der Waals surface area contributed by atoms with Gasteiger partial charge in [0, 0.05) is 40.7 Å². The Morgan fingerprint density at radius 2 is 1.60 bits per heavy atom. The first-order valence-electron chi connectivity index (χ1n) is 14.0. The topological polar surface area (TPSA) is 127 Å². The van der Waals surface area contributed by atoms with Crippen LogP contribution >= 0.6 is 0 Å². The fourth-order valence-electron chi connectivity index (χ4n) is 5.29. The maximum Gasteiger partial charge on any atom is 0.277 e. The number of anilines is 1. The number of rotatable bonds is 10. The Bertz CT molecular complexity index is 1800. The third-order valence-electron chi connectivity index (χ3n) is 7.41. The highest BCUT2D eigenvalue weighted by Gasteiger charge is 2.35. The van der Waals surface area contributed by atoms with Gasteiger partial charge in [0.1, 0.15) is 11.7 Å². The summed E-state index contributed by atoms with van der Waals surface area (Å²) in [6.07, 6.45) is 8.32. The molecule has 3 aromatic heterocycles. The van der Waals surface area contributed by atoms with E-state index >= 15 is 0 Å². The van der Waals surface area contributed by atoms with Gasteiger partial charge in [0.15, 0.2) is 0 Å². The van der Waals surface area contributed by atoms with Crippen LogP contribution in [0.25, 0.3) is 22.0 Å². The van der Waals surface area contributed by atoms with Crippen LogP contribution in [0.3, 0.4) is 0 Å². The van der Waals surface area contributed by atoms with Crippen LogP contribution in [0.4, 0.5) is 5.69 Å². The molecule has 0 spiro atoms. The number of nitrogens with zero attached hydrogens (tertiary/aromatic N) is 3. The third-order valence-corrected chi connectivity index (χ3v) is 7.41. The van der Waals surface area contributed by atoms with Crippen molar-refractivity contribution in [3.8, 4) is 11.1 Å². The summed E-state index contributed by atoms with van der Waals surface area (Å²) in [5, 5.41) is 14.3. The average Bonchev–Trinajstić information content (AvgIpc) is 3.75. The van der Waals surface area contributed by atoms with Crippen molar-refractivity contribution in [2.45, 2.75) is 18.5 Å². The van der Waals surface area contributed by atoms with Gasteiger partial charge in [0.25, 0.3) is 5.91 Å². The van der Waals surface area contributed by atoms with E-state index in [1.54, 1.807) is 24.5 Å². The fraction of sp³-hybridized carbons (Fsp3) is 0.118. The van der Waals surface area contributed by atoms with Gasteiger partial charge in [-0.05, 0) is 47.4 Å². The van der Waals surface area contributed by atoms with E-state index in [-0.39, 0.29) is 12.3 Å². The molecule has 0 saturated heterocycles. The Labute approximate surface area is 248 Å². The summed E-state index contributed by atoms with van der Waals surface area (Å²) >= 11 is 0. The van der Waals surface area contributed by atoms with Crippen LogP contribution in [0.15, 0.2) is 122 Å². The molecule has 1 unspecified atom stereocenters. The Morgan fingerprint density at radius 1 is 0.837 bits per heavy atom. The highest BCUT2D eigenvalue weighted by atomic mass is 16.3. The van der Waals surface area contributed by atoms with Crippen LogP contribution in [-0.2, 0) is 11.2 Å². The number of amides is 2. The minimum atomic E-state index is -1.09. The Balaban J connectivity index is 1.37. The monoisotopic (exact) mass is 570 g/mol. The number of imidazole rings is 1. The number of benzene rings is 3. The van der Waals surface area contributed by atoms with Gasteiger partial charge in [-0.3, -0.25) is 19.5 Å². The molecule has 0 aliphatic heterocycles. The molecule has 3 aromatic carbocycles. The molecule has 214 valence electrons. The number of aromatic amines is 2. The molecule has 9 heteroatoms. The number of carbonyl (C=O) groups excluding carboxylic acids is 2. The van der Waals surface area contributed by atoms with Gasteiger partial charge in [-0.25, -0.2) is 4.98 Å². The zero-order chi connectivity index (χ0) is 29.6. The van der Waals surface area contributed by atoms with Crippen molar-refractivity contribution in [3.05, 3.63) is 139 Å². The number of aliphatic hydroxyl groups is 1. The number of hydrogen-bond acceptors (Lipinski definition) is 5. The van der Waals surface area contributed by atoms with E-state index in [4.69, 9.17) is 0 Å². The highest BCUT2D eigenvalue weighted by molar-refractivity contribution is 6.09. The van der Waals surface area contributed by atoms with E-state index < -0.39 is 23.9 Å². The average molecular weight is 571 g/mol. The summed E-state index contributed by atoms with van der Waals surface area (Å²) in [4.78, 5) is 44.1. The lowest BCUT2D eigenvalue weighted by Gasteiger charge is -2.32. The maximum absolute atomic E-state index is 14.2. The SMILES string of the molecule is O=C(N[C@H](CO)Cc1c[nH]c2ccccc12)C(c1cccnc1)N(C(=O)c1cnc[nH]1)c1ccc(-c2ccccc2)cc1. The van der Waals surface area contributed by atoms with Crippen molar-refractivity contribution < 1.29 is 14.7 Å². The Kier molecular flexibility index (Phi) is 8.06. The smallest absolute Gasteiger partial charge is 0.277 e. The van der Waals surface area contributed by atoms with Gasteiger partial charge in [-0.15, -0.1) is 0 Å². The molecule has 9 nitrogen and oxygen atoms in total. The zero-order valence-electron chi connectivity index (χ0n) is 23.2. The Hall–Kier alpha value is -5.54. The molecule has 3 heterocycles. The molecule has 0 bridgehead atoms. The Morgan fingerprint density at radius 3 is 2.33 bits per heavy atom. The van der Waals surface area contributed by atoms with Crippen LogP contribution in [0, 0.1) is 0 Å². The first-order valence-corrected chi connectivity index (χ1v) is 14.0. The number of nitrogens with one attached hydrogen (secondary N) is 3. The molecule has 2 atom stereocenters. The first-order chi connectivity index (χ1) is 21.1. The highest BCUT2D eigenvalue weighted by Crippen LogP contribution is 2.31. The van der Waals surface area contributed by atoms with Crippen LogP contribution in [0.2, 0.25) is 0 Å². The second-order valence-corrected chi connectivity index (χ2v) is 10.2. The molecule has 0 saturated carbocycles. The minimum absolute atomic E-state index is 0.228. The van der Waals surface area contributed by atoms with E-state index in [1.807, 2.05) is 85.1 Å². The van der Waals surface area contributed by atoms with E-state index in [9.17, 15) is 14.7 Å². The summed E-state index contributed by atoms with van der Waals surface area (Å²) in [7, 11) is 0. The zero-order valence-corrected chi connectivity index (χ0v) is 23.2. The van der Waals surface area contributed by atoms with Crippen LogP contribution in [0.1, 0.15) is 27.7 Å². The number of aliphatic hydroxyl groups excluding tert-OH is 1. The quantitative estimate of drug-likeness (QED) is 0.183. The normalized spacial score (nSPS) is 12.5. The van der Waals surface area contributed by atoms with Crippen molar-refractivity contribution in [1.29, 1.82) is 0 Å². The summed E-state index contributed by atoms with van der Waals surface area (Å²) in [6.45, 7) is -0.286. The van der Waals surface area contributed by atoms with Gasteiger partial charge in [0.2, 0.25) is 5.91 Å². The van der Waals surface area contributed by atoms with Gasteiger partial charge < -0.3 is 20.4 Å². The molecule has 6 aromatic rings. The van der Waals surface area contributed by atoms with Gasteiger partial charge in [-0.2, -0.15) is 0 Å². The number of pyridine rings is 1. The van der Waals surface area contributed by atoms with E-state index in [0.29, 0.717) is 17.7 Å². The third kappa shape index (κ3) is 5.93. The van der Waals surface area contributed by atoms with E-state index in [0.717, 1.165) is 27.6 Å². The van der Waals surface area contributed by atoms with Crippen LogP contribution < -0.4 is 10.2 Å². The molecule has 4 N–H and O–H groups in total. The molecule has 0 radical (unpaired) electrons. The van der Waals surface area contributed by atoms with Gasteiger partial charge in [0.05, 0.1) is 25.2 Å². The fourth-order valence-corrected chi connectivity index (χ4v) is 5.29. The summed E-state index contributed by atoms with van der Waals surface area (Å²) in [5.41, 5.74) is 5.21. The number of para-hydroxylation sites is 1. The lowest BCUT2D eigenvalue weighted by Crippen LogP contribution is -2.48. The second-order valence-electron chi connectivity index (χ2n) is 10.2. The second kappa shape index (κ2) is 12.5. The summed E-state index contributed by atoms with van der Waals surface area (Å²) < 4.78 is 0. The maximum atomic E-state index is 14.2. The van der Waals surface area contributed by atoms with Crippen molar-refractivity contribution in [2.75, 3.05) is 11.5 Å². The van der Waals surface area contributed by atoms with Crippen molar-refractivity contribution >= 4 is 28.4 Å². The van der Waals surface area contributed by atoms with E-state index in [2.05, 4.69) is 25.3 Å². The van der Waals surface area contributed by atoms with Gasteiger partial charge in [-0.1, -0.05) is 66.7 Å². The molecular formula is C34H30N6O3. The predicted octanol–water partition coefficient (Wildman–Crippen LogP) is 5.06.